The Hall–Kier alpha value is -1.81. The van der Waals surface area contributed by atoms with Gasteiger partial charge in [-0.2, -0.15) is 0 Å². The molecule has 4 heteroatoms. The van der Waals surface area contributed by atoms with E-state index in [0.717, 1.165) is 21.5 Å². The standard InChI is InChI=1S/C15H13BrN2O/c1-10(14-5-6-15(16)19-14)18-13-4-2-3-11-7-8-17-9-12(11)13/h2-10,18H,1H3. The third kappa shape index (κ3) is 2.49. The number of aromatic nitrogens is 1. The Morgan fingerprint density at radius 2 is 2.11 bits per heavy atom. The lowest BCUT2D eigenvalue weighted by Crippen LogP contribution is -2.05. The van der Waals surface area contributed by atoms with E-state index in [1.54, 1.807) is 6.20 Å². The molecular formula is C15H13BrN2O. The minimum absolute atomic E-state index is 0.0945. The molecule has 1 atom stereocenters. The fraction of sp³-hybridized carbons (Fsp3) is 0.133. The van der Waals surface area contributed by atoms with Crippen molar-refractivity contribution in [3.8, 4) is 0 Å². The molecule has 0 fully saturated rings. The van der Waals surface area contributed by atoms with Crippen LogP contribution in [0, 0.1) is 0 Å². The van der Waals surface area contributed by atoms with Gasteiger partial charge in [0.1, 0.15) is 5.76 Å². The van der Waals surface area contributed by atoms with Crippen LogP contribution < -0.4 is 5.32 Å². The zero-order valence-electron chi connectivity index (χ0n) is 10.4. The quantitative estimate of drug-likeness (QED) is 0.756. The van der Waals surface area contributed by atoms with Gasteiger partial charge in [0.2, 0.25) is 0 Å². The lowest BCUT2D eigenvalue weighted by Gasteiger charge is -2.14. The lowest BCUT2D eigenvalue weighted by molar-refractivity contribution is 0.471. The van der Waals surface area contributed by atoms with Crippen LogP contribution in [0.2, 0.25) is 0 Å². The molecule has 19 heavy (non-hydrogen) atoms. The second kappa shape index (κ2) is 5.05. The lowest BCUT2D eigenvalue weighted by atomic mass is 10.1. The summed E-state index contributed by atoms with van der Waals surface area (Å²) >= 11 is 3.32. The Morgan fingerprint density at radius 3 is 2.89 bits per heavy atom. The molecule has 0 aliphatic carbocycles. The van der Waals surface area contributed by atoms with Crippen LogP contribution in [0.1, 0.15) is 18.7 Å². The molecule has 1 aromatic carbocycles. The Bertz CT molecular complexity index is 703. The largest absolute Gasteiger partial charge is 0.452 e. The molecule has 0 spiro atoms. The SMILES string of the molecule is CC(Nc1cccc2ccncc12)c1ccc(Br)o1. The molecule has 0 saturated heterocycles. The second-order valence-corrected chi connectivity index (χ2v) is 5.19. The molecule has 3 aromatic rings. The number of benzene rings is 1. The van der Waals surface area contributed by atoms with Gasteiger partial charge in [0.05, 0.1) is 6.04 Å². The molecule has 96 valence electrons. The van der Waals surface area contributed by atoms with Crippen molar-refractivity contribution in [2.75, 3.05) is 5.32 Å². The summed E-state index contributed by atoms with van der Waals surface area (Å²) in [5, 5.41) is 5.75. The first kappa shape index (κ1) is 12.2. The number of anilines is 1. The number of pyridine rings is 1. The van der Waals surface area contributed by atoms with Crippen LogP contribution in [0.5, 0.6) is 0 Å². The van der Waals surface area contributed by atoms with Gasteiger partial charge in [-0.25, -0.2) is 0 Å². The molecular weight excluding hydrogens is 304 g/mol. The van der Waals surface area contributed by atoms with Gasteiger partial charge in [0.15, 0.2) is 4.67 Å². The second-order valence-electron chi connectivity index (χ2n) is 4.41. The molecule has 0 aliphatic rings. The van der Waals surface area contributed by atoms with E-state index in [1.165, 1.54) is 5.39 Å². The van der Waals surface area contributed by atoms with Gasteiger partial charge >= 0.3 is 0 Å². The molecule has 3 nitrogen and oxygen atoms in total. The highest BCUT2D eigenvalue weighted by Gasteiger charge is 2.11. The molecule has 0 saturated carbocycles. The first-order valence-corrected chi connectivity index (χ1v) is 6.88. The van der Waals surface area contributed by atoms with E-state index < -0.39 is 0 Å². The average Bonchev–Trinajstić information content (AvgIpc) is 2.86. The molecule has 0 bridgehead atoms. The van der Waals surface area contributed by atoms with Gasteiger partial charge in [-0.05, 0) is 52.5 Å². The highest BCUT2D eigenvalue weighted by atomic mass is 79.9. The van der Waals surface area contributed by atoms with E-state index in [4.69, 9.17) is 4.42 Å². The van der Waals surface area contributed by atoms with Gasteiger partial charge in [-0.3, -0.25) is 4.98 Å². The zero-order chi connectivity index (χ0) is 13.2. The van der Waals surface area contributed by atoms with Crippen molar-refractivity contribution in [2.24, 2.45) is 0 Å². The Labute approximate surface area is 119 Å². The summed E-state index contributed by atoms with van der Waals surface area (Å²) in [5.74, 6) is 0.896. The summed E-state index contributed by atoms with van der Waals surface area (Å²) in [5.41, 5.74) is 1.06. The number of nitrogens with zero attached hydrogens (tertiary/aromatic N) is 1. The molecule has 2 heterocycles. The van der Waals surface area contributed by atoms with Gasteiger partial charge < -0.3 is 9.73 Å². The van der Waals surface area contributed by atoms with E-state index in [9.17, 15) is 0 Å². The molecule has 0 amide bonds. The highest BCUT2D eigenvalue weighted by molar-refractivity contribution is 9.10. The number of furan rings is 1. The van der Waals surface area contributed by atoms with Crippen LogP contribution in [0.4, 0.5) is 5.69 Å². The van der Waals surface area contributed by atoms with Crippen LogP contribution >= 0.6 is 15.9 Å². The molecule has 2 aromatic heterocycles. The van der Waals surface area contributed by atoms with E-state index in [1.807, 2.05) is 30.5 Å². The van der Waals surface area contributed by atoms with Crippen molar-refractivity contribution in [3.05, 3.63) is 59.2 Å². The summed E-state index contributed by atoms with van der Waals surface area (Å²) in [7, 11) is 0. The third-order valence-corrected chi connectivity index (χ3v) is 3.50. The number of fused-ring (bicyclic) bond motifs is 1. The van der Waals surface area contributed by atoms with Crippen molar-refractivity contribution in [2.45, 2.75) is 13.0 Å². The van der Waals surface area contributed by atoms with Gasteiger partial charge in [0.25, 0.3) is 0 Å². The maximum Gasteiger partial charge on any atom is 0.169 e. The summed E-state index contributed by atoms with van der Waals surface area (Å²) in [4.78, 5) is 4.19. The van der Waals surface area contributed by atoms with Crippen molar-refractivity contribution < 1.29 is 4.42 Å². The fourth-order valence-electron chi connectivity index (χ4n) is 2.10. The molecule has 0 aliphatic heterocycles. The third-order valence-electron chi connectivity index (χ3n) is 3.08. The normalized spacial score (nSPS) is 12.5. The van der Waals surface area contributed by atoms with Crippen LogP contribution in [-0.2, 0) is 0 Å². The van der Waals surface area contributed by atoms with E-state index in [-0.39, 0.29) is 6.04 Å². The number of nitrogens with one attached hydrogen (secondary N) is 1. The first-order valence-electron chi connectivity index (χ1n) is 6.08. The smallest absolute Gasteiger partial charge is 0.169 e. The zero-order valence-corrected chi connectivity index (χ0v) is 12.0. The van der Waals surface area contributed by atoms with E-state index >= 15 is 0 Å². The Balaban J connectivity index is 1.93. The summed E-state index contributed by atoms with van der Waals surface area (Å²) in [6.45, 7) is 2.07. The summed E-state index contributed by atoms with van der Waals surface area (Å²) in [6, 6.07) is 12.1. The maximum absolute atomic E-state index is 5.57. The summed E-state index contributed by atoms with van der Waals surface area (Å²) < 4.78 is 6.31. The number of hydrogen-bond acceptors (Lipinski definition) is 3. The highest BCUT2D eigenvalue weighted by Crippen LogP contribution is 2.28. The number of rotatable bonds is 3. The summed E-state index contributed by atoms with van der Waals surface area (Å²) in [6.07, 6.45) is 3.68. The first-order chi connectivity index (χ1) is 9.24. The predicted molar refractivity (Wildman–Crippen MR) is 80.2 cm³/mol. The number of hydrogen-bond donors (Lipinski definition) is 1. The minimum Gasteiger partial charge on any atom is -0.452 e. The number of halogens is 1. The van der Waals surface area contributed by atoms with Gasteiger partial charge in [-0.15, -0.1) is 0 Å². The molecule has 0 radical (unpaired) electrons. The van der Waals surface area contributed by atoms with Crippen LogP contribution in [0.3, 0.4) is 0 Å². The molecule has 3 rings (SSSR count). The Morgan fingerprint density at radius 1 is 1.21 bits per heavy atom. The van der Waals surface area contributed by atoms with Crippen LogP contribution in [0.15, 0.2) is 57.9 Å². The van der Waals surface area contributed by atoms with Crippen molar-refractivity contribution in [3.63, 3.8) is 0 Å². The van der Waals surface area contributed by atoms with E-state index in [2.05, 4.69) is 45.3 Å². The van der Waals surface area contributed by atoms with Crippen molar-refractivity contribution >= 4 is 32.4 Å². The van der Waals surface area contributed by atoms with E-state index in [0.29, 0.717) is 0 Å². The van der Waals surface area contributed by atoms with Crippen molar-refractivity contribution in [1.82, 2.24) is 4.98 Å². The Kier molecular flexibility index (Phi) is 3.25. The van der Waals surface area contributed by atoms with Crippen LogP contribution in [-0.4, -0.2) is 4.98 Å². The van der Waals surface area contributed by atoms with Gasteiger partial charge in [0, 0.05) is 23.5 Å². The molecule has 1 unspecified atom stereocenters. The van der Waals surface area contributed by atoms with Gasteiger partial charge in [-0.1, -0.05) is 12.1 Å². The molecule has 1 N–H and O–H groups in total. The average molecular weight is 317 g/mol. The monoisotopic (exact) mass is 316 g/mol. The fourth-order valence-corrected chi connectivity index (χ4v) is 2.42. The topological polar surface area (TPSA) is 38.1 Å². The van der Waals surface area contributed by atoms with Crippen molar-refractivity contribution in [1.29, 1.82) is 0 Å². The van der Waals surface area contributed by atoms with Crippen LogP contribution in [0.25, 0.3) is 10.8 Å². The minimum atomic E-state index is 0.0945. The predicted octanol–water partition coefficient (Wildman–Crippen LogP) is 4.76. The maximum atomic E-state index is 5.57.